The Morgan fingerprint density at radius 2 is 1.94 bits per heavy atom. The number of nitrogens with zero attached hydrogens (tertiary/aromatic N) is 3. The summed E-state index contributed by atoms with van der Waals surface area (Å²) in [7, 11) is 0. The molecule has 0 saturated carbocycles. The number of halogens is 2. The molecular formula is C13H21BrClN3. The lowest BCUT2D eigenvalue weighted by molar-refractivity contribution is 0.258. The van der Waals surface area contributed by atoms with Crippen molar-refractivity contribution >= 4 is 34.2 Å². The molecule has 3 nitrogen and oxygen atoms in total. The van der Waals surface area contributed by atoms with Crippen LogP contribution in [0, 0.1) is 6.92 Å². The van der Waals surface area contributed by atoms with E-state index in [1.165, 1.54) is 18.5 Å². The molecule has 1 aliphatic heterocycles. The Morgan fingerprint density at radius 1 is 1.28 bits per heavy atom. The Labute approximate surface area is 124 Å². The molecule has 18 heavy (non-hydrogen) atoms. The van der Waals surface area contributed by atoms with Crippen molar-refractivity contribution in [1.29, 1.82) is 0 Å². The second-order valence-electron chi connectivity index (χ2n) is 4.65. The van der Waals surface area contributed by atoms with Crippen molar-refractivity contribution in [2.24, 2.45) is 0 Å². The van der Waals surface area contributed by atoms with Gasteiger partial charge in [-0.05, 0) is 47.4 Å². The lowest BCUT2D eigenvalue weighted by Gasteiger charge is -2.35. The van der Waals surface area contributed by atoms with Crippen LogP contribution in [0.3, 0.4) is 0 Å². The Morgan fingerprint density at radius 3 is 2.50 bits per heavy atom. The molecule has 2 rings (SSSR count). The maximum atomic E-state index is 4.53. The summed E-state index contributed by atoms with van der Waals surface area (Å²) in [6, 6.07) is 2.14. The maximum Gasteiger partial charge on any atom is 0.142 e. The zero-order chi connectivity index (χ0) is 12.3. The van der Waals surface area contributed by atoms with Crippen molar-refractivity contribution < 1.29 is 0 Å². The van der Waals surface area contributed by atoms with E-state index in [-0.39, 0.29) is 12.4 Å². The van der Waals surface area contributed by atoms with E-state index in [1.54, 1.807) is 0 Å². The first-order valence-corrected chi connectivity index (χ1v) is 7.09. The van der Waals surface area contributed by atoms with Gasteiger partial charge < -0.3 is 4.90 Å². The van der Waals surface area contributed by atoms with Crippen molar-refractivity contribution in [2.45, 2.75) is 20.3 Å². The van der Waals surface area contributed by atoms with E-state index in [0.717, 1.165) is 36.5 Å². The van der Waals surface area contributed by atoms with Crippen molar-refractivity contribution in [2.75, 3.05) is 37.6 Å². The molecule has 5 heteroatoms. The van der Waals surface area contributed by atoms with Gasteiger partial charge in [0.25, 0.3) is 0 Å². The van der Waals surface area contributed by atoms with Gasteiger partial charge in [0.05, 0.1) is 4.47 Å². The van der Waals surface area contributed by atoms with E-state index in [0.29, 0.717) is 0 Å². The van der Waals surface area contributed by atoms with Gasteiger partial charge >= 0.3 is 0 Å². The van der Waals surface area contributed by atoms with Gasteiger partial charge in [0.1, 0.15) is 5.82 Å². The van der Waals surface area contributed by atoms with E-state index >= 15 is 0 Å². The number of hydrogen-bond acceptors (Lipinski definition) is 3. The van der Waals surface area contributed by atoms with Crippen molar-refractivity contribution in [3.05, 3.63) is 22.3 Å². The van der Waals surface area contributed by atoms with E-state index in [9.17, 15) is 0 Å². The van der Waals surface area contributed by atoms with E-state index in [4.69, 9.17) is 0 Å². The van der Waals surface area contributed by atoms with Gasteiger partial charge in [-0.3, -0.25) is 4.90 Å². The van der Waals surface area contributed by atoms with Crippen molar-refractivity contribution in [1.82, 2.24) is 9.88 Å². The van der Waals surface area contributed by atoms with Crippen molar-refractivity contribution in [3.8, 4) is 0 Å². The molecule has 102 valence electrons. The molecule has 1 aromatic heterocycles. The Bertz CT molecular complexity index is 378. The second kappa shape index (κ2) is 7.31. The van der Waals surface area contributed by atoms with Gasteiger partial charge in [0.2, 0.25) is 0 Å². The third-order valence-corrected chi connectivity index (χ3v) is 3.75. The molecule has 0 amide bonds. The molecule has 2 heterocycles. The molecule has 0 N–H and O–H groups in total. The van der Waals surface area contributed by atoms with Gasteiger partial charge in [-0.1, -0.05) is 6.92 Å². The average molecular weight is 335 g/mol. The fraction of sp³-hybridized carbons (Fsp3) is 0.615. The Hall–Kier alpha value is -0.320. The van der Waals surface area contributed by atoms with Gasteiger partial charge in [-0.25, -0.2) is 4.98 Å². The molecule has 0 bridgehead atoms. The lowest BCUT2D eigenvalue weighted by atomic mass is 10.2. The zero-order valence-electron chi connectivity index (χ0n) is 11.0. The topological polar surface area (TPSA) is 19.4 Å². The van der Waals surface area contributed by atoms with Crippen LogP contribution < -0.4 is 4.90 Å². The standard InChI is InChI=1S/C13H20BrN3.ClH/c1-3-4-16-5-7-17(8-6-16)13-12(14)9-11(2)10-15-13;/h9-10H,3-8H2,1-2H3;1H. The first-order chi connectivity index (χ1) is 8.20. The summed E-state index contributed by atoms with van der Waals surface area (Å²) in [6.07, 6.45) is 3.19. The third kappa shape index (κ3) is 3.84. The van der Waals surface area contributed by atoms with Crippen LogP contribution in [-0.4, -0.2) is 42.6 Å². The number of anilines is 1. The highest BCUT2D eigenvalue weighted by Crippen LogP contribution is 2.25. The third-order valence-electron chi connectivity index (χ3n) is 3.17. The van der Waals surface area contributed by atoms with Crippen LogP contribution in [0.5, 0.6) is 0 Å². The molecule has 0 radical (unpaired) electrons. The van der Waals surface area contributed by atoms with Crippen LogP contribution in [0.25, 0.3) is 0 Å². The normalized spacial score (nSPS) is 16.5. The minimum atomic E-state index is 0. The van der Waals surface area contributed by atoms with Gasteiger partial charge in [-0.15, -0.1) is 12.4 Å². The molecule has 1 aliphatic rings. The van der Waals surface area contributed by atoms with Gasteiger partial charge in [0, 0.05) is 32.4 Å². The highest BCUT2D eigenvalue weighted by atomic mass is 79.9. The molecular weight excluding hydrogens is 314 g/mol. The molecule has 0 unspecified atom stereocenters. The predicted octanol–water partition coefficient (Wildman–Crippen LogP) is 3.11. The summed E-state index contributed by atoms with van der Waals surface area (Å²) in [5.74, 6) is 1.09. The highest BCUT2D eigenvalue weighted by Gasteiger charge is 2.18. The summed E-state index contributed by atoms with van der Waals surface area (Å²) < 4.78 is 1.11. The quantitative estimate of drug-likeness (QED) is 0.847. The van der Waals surface area contributed by atoms with Crippen LogP contribution >= 0.6 is 28.3 Å². The summed E-state index contributed by atoms with van der Waals surface area (Å²) in [5, 5.41) is 0. The van der Waals surface area contributed by atoms with Crippen LogP contribution in [0.1, 0.15) is 18.9 Å². The molecule has 0 aromatic carbocycles. The van der Waals surface area contributed by atoms with Crippen molar-refractivity contribution in [3.63, 3.8) is 0 Å². The predicted molar refractivity (Wildman–Crippen MR) is 82.9 cm³/mol. The number of piperazine rings is 1. The fourth-order valence-corrected chi connectivity index (χ4v) is 2.97. The SMILES string of the molecule is CCCN1CCN(c2ncc(C)cc2Br)CC1.Cl. The number of hydrogen-bond donors (Lipinski definition) is 0. The van der Waals surface area contributed by atoms with Gasteiger partial charge in [-0.2, -0.15) is 0 Å². The monoisotopic (exact) mass is 333 g/mol. The minimum absolute atomic E-state index is 0. The van der Waals surface area contributed by atoms with Crippen LogP contribution in [0.15, 0.2) is 16.7 Å². The summed E-state index contributed by atoms with van der Waals surface area (Å²) in [6.45, 7) is 9.98. The Kier molecular flexibility index (Phi) is 6.39. The van der Waals surface area contributed by atoms with Gasteiger partial charge in [0.15, 0.2) is 0 Å². The summed E-state index contributed by atoms with van der Waals surface area (Å²) in [4.78, 5) is 9.43. The molecule has 0 spiro atoms. The van der Waals surface area contributed by atoms with E-state index in [2.05, 4.69) is 50.6 Å². The Balaban J connectivity index is 0.00000162. The van der Waals surface area contributed by atoms with E-state index in [1.807, 2.05) is 6.20 Å². The smallest absolute Gasteiger partial charge is 0.142 e. The number of aryl methyl sites for hydroxylation is 1. The fourth-order valence-electron chi connectivity index (χ4n) is 2.26. The first kappa shape index (κ1) is 15.7. The second-order valence-corrected chi connectivity index (χ2v) is 5.50. The lowest BCUT2D eigenvalue weighted by Crippen LogP contribution is -2.46. The van der Waals surface area contributed by atoms with Crippen LogP contribution in [0.4, 0.5) is 5.82 Å². The largest absolute Gasteiger partial charge is 0.353 e. The zero-order valence-corrected chi connectivity index (χ0v) is 13.4. The molecule has 0 atom stereocenters. The van der Waals surface area contributed by atoms with Crippen LogP contribution in [-0.2, 0) is 0 Å². The average Bonchev–Trinajstić information content (AvgIpc) is 2.31. The molecule has 0 aliphatic carbocycles. The maximum absolute atomic E-state index is 4.53. The number of rotatable bonds is 3. The van der Waals surface area contributed by atoms with E-state index < -0.39 is 0 Å². The summed E-state index contributed by atoms with van der Waals surface area (Å²) in [5.41, 5.74) is 1.20. The minimum Gasteiger partial charge on any atom is -0.353 e. The molecule has 1 aromatic rings. The highest BCUT2D eigenvalue weighted by molar-refractivity contribution is 9.10. The summed E-state index contributed by atoms with van der Waals surface area (Å²) >= 11 is 3.61. The molecule has 1 fully saturated rings. The number of aromatic nitrogens is 1. The first-order valence-electron chi connectivity index (χ1n) is 6.30. The number of pyridine rings is 1. The van der Waals surface area contributed by atoms with Crippen LogP contribution in [0.2, 0.25) is 0 Å². The molecule has 1 saturated heterocycles.